The van der Waals surface area contributed by atoms with Gasteiger partial charge in [-0.2, -0.15) is 0 Å². The highest BCUT2D eigenvalue weighted by Crippen LogP contribution is 2.46. The van der Waals surface area contributed by atoms with E-state index in [9.17, 15) is 4.79 Å². The lowest BCUT2D eigenvalue weighted by molar-refractivity contribution is -0.663. The fraction of sp³-hybridized carbons (Fsp3) is 0.960. The molecule has 5 aliphatic heterocycles. The van der Waals surface area contributed by atoms with Gasteiger partial charge in [0.2, 0.25) is 0 Å². The van der Waals surface area contributed by atoms with Gasteiger partial charge in [-0.3, -0.25) is 30.5 Å². The van der Waals surface area contributed by atoms with Gasteiger partial charge in [-0.15, -0.1) is 11.8 Å². The molecule has 0 bridgehead atoms. The number of ketones is 1. The Hall–Kier alpha value is -0.300. The first kappa shape index (κ1) is 25.0. The zero-order valence-corrected chi connectivity index (χ0v) is 21.9. The van der Waals surface area contributed by atoms with Gasteiger partial charge in [-0.05, 0) is 49.7 Å². The summed E-state index contributed by atoms with van der Waals surface area (Å²) in [5.74, 6) is 2.69. The van der Waals surface area contributed by atoms with Crippen molar-refractivity contribution in [3.63, 3.8) is 0 Å². The Kier molecular flexibility index (Phi) is 8.30. The number of piperazine rings is 1. The molecule has 5 saturated heterocycles. The van der Waals surface area contributed by atoms with E-state index in [1.165, 1.54) is 58.3 Å². The number of morpholine rings is 1. The van der Waals surface area contributed by atoms with Crippen molar-refractivity contribution in [3.8, 4) is 0 Å². The number of quaternary nitrogens is 1. The van der Waals surface area contributed by atoms with Gasteiger partial charge in [0, 0.05) is 45.2 Å². The Morgan fingerprint density at radius 1 is 1.00 bits per heavy atom. The molecule has 1 saturated carbocycles. The van der Waals surface area contributed by atoms with E-state index in [0.717, 1.165) is 38.6 Å². The van der Waals surface area contributed by atoms with Crippen molar-refractivity contribution in [1.82, 2.24) is 25.8 Å². The molecule has 0 aromatic carbocycles. The van der Waals surface area contributed by atoms with E-state index in [2.05, 4.69) is 31.1 Å². The summed E-state index contributed by atoms with van der Waals surface area (Å²) < 4.78 is 12.2. The molecule has 10 heteroatoms. The molecule has 0 amide bonds. The summed E-state index contributed by atoms with van der Waals surface area (Å²) in [5.41, 5.74) is 0. The SMILES string of the molecule is O=C1CC(N2CCOCC2)OC2C1SCC2C1CCC(NC2NCCC(N3CC[NH2+]CC3)N2)CC1. The minimum atomic E-state index is -0.0407. The minimum Gasteiger partial charge on any atom is -0.379 e. The Bertz CT molecular complexity index is 713. The standard InChI is InChI=1S/C25H44N6O3S/c32-20-15-22(31-11-13-33-14-12-31)34-23-19(16-35-24(20)23)17-1-3-18(4-2-17)28-25-27-6-5-21(29-25)30-9-7-26-8-10-30/h17-19,21-29H,1-16H2/p+1. The molecule has 198 valence electrons. The first-order valence-electron chi connectivity index (χ1n) is 14.2. The van der Waals surface area contributed by atoms with Gasteiger partial charge in [-0.1, -0.05) is 0 Å². The van der Waals surface area contributed by atoms with Crippen LogP contribution in [0.1, 0.15) is 38.5 Å². The Labute approximate surface area is 214 Å². The molecular weight excluding hydrogens is 464 g/mol. The number of ether oxygens (including phenoxy) is 2. The molecule has 0 aromatic rings. The smallest absolute Gasteiger partial charge is 0.152 e. The summed E-state index contributed by atoms with van der Waals surface area (Å²) in [6.07, 6.45) is 7.41. The number of fused-ring (bicyclic) bond motifs is 1. The maximum Gasteiger partial charge on any atom is 0.152 e. The Balaban J connectivity index is 0.992. The van der Waals surface area contributed by atoms with E-state index in [-0.39, 0.29) is 23.9 Å². The molecule has 6 rings (SSSR count). The van der Waals surface area contributed by atoms with Crippen molar-refractivity contribution in [2.24, 2.45) is 11.8 Å². The monoisotopic (exact) mass is 509 g/mol. The van der Waals surface area contributed by atoms with Gasteiger partial charge in [0.1, 0.15) is 12.5 Å². The van der Waals surface area contributed by atoms with Crippen molar-refractivity contribution in [2.45, 2.75) is 74.6 Å². The number of nitrogens with one attached hydrogen (secondary N) is 3. The minimum absolute atomic E-state index is 0.0407. The Morgan fingerprint density at radius 3 is 2.60 bits per heavy atom. The summed E-state index contributed by atoms with van der Waals surface area (Å²) in [4.78, 5) is 17.9. The lowest BCUT2D eigenvalue weighted by Crippen LogP contribution is -2.90. The van der Waals surface area contributed by atoms with E-state index in [1.54, 1.807) is 0 Å². The largest absolute Gasteiger partial charge is 0.379 e. The molecule has 0 spiro atoms. The van der Waals surface area contributed by atoms with Crippen LogP contribution in [0.15, 0.2) is 0 Å². The summed E-state index contributed by atoms with van der Waals surface area (Å²) in [5, 5.41) is 13.9. The van der Waals surface area contributed by atoms with Crippen LogP contribution < -0.4 is 21.3 Å². The molecule has 9 nitrogen and oxygen atoms in total. The fourth-order valence-electron chi connectivity index (χ4n) is 7.21. The van der Waals surface area contributed by atoms with Crippen LogP contribution in [0, 0.1) is 11.8 Å². The van der Waals surface area contributed by atoms with E-state index < -0.39 is 0 Å². The van der Waals surface area contributed by atoms with E-state index >= 15 is 0 Å². The van der Waals surface area contributed by atoms with E-state index in [4.69, 9.17) is 9.47 Å². The first-order valence-corrected chi connectivity index (χ1v) is 15.2. The number of thioether (sulfide) groups is 1. The van der Waals surface area contributed by atoms with Crippen LogP contribution in [0.4, 0.5) is 0 Å². The van der Waals surface area contributed by atoms with E-state index in [1.807, 2.05) is 11.8 Å². The van der Waals surface area contributed by atoms with Crippen molar-refractivity contribution in [3.05, 3.63) is 0 Å². The van der Waals surface area contributed by atoms with Gasteiger partial charge in [-0.25, -0.2) is 0 Å². The van der Waals surface area contributed by atoms with Crippen LogP contribution in [-0.2, 0) is 14.3 Å². The van der Waals surface area contributed by atoms with Crippen LogP contribution in [-0.4, -0.2) is 116 Å². The molecule has 6 aliphatic rings. The van der Waals surface area contributed by atoms with Gasteiger partial charge in [0.05, 0.1) is 43.8 Å². The van der Waals surface area contributed by atoms with Crippen LogP contribution in [0.5, 0.6) is 0 Å². The Morgan fingerprint density at radius 2 is 1.80 bits per heavy atom. The average molecular weight is 510 g/mol. The lowest BCUT2D eigenvalue weighted by atomic mass is 9.75. The van der Waals surface area contributed by atoms with Crippen LogP contribution in [0.2, 0.25) is 0 Å². The van der Waals surface area contributed by atoms with Crippen LogP contribution >= 0.6 is 11.8 Å². The summed E-state index contributed by atoms with van der Waals surface area (Å²) in [6.45, 7) is 9.15. The quantitative estimate of drug-likeness (QED) is 0.371. The van der Waals surface area contributed by atoms with E-state index in [0.29, 0.717) is 36.2 Å². The maximum absolute atomic E-state index is 13.0. The van der Waals surface area contributed by atoms with Crippen molar-refractivity contribution in [2.75, 3.05) is 64.8 Å². The number of carbonyl (C=O) groups is 1. The topological polar surface area (TPSA) is 94.7 Å². The van der Waals surface area contributed by atoms with Crippen molar-refractivity contribution >= 4 is 17.5 Å². The van der Waals surface area contributed by atoms with Crippen LogP contribution in [0.3, 0.4) is 0 Å². The predicted octanol–water partition coefficient (Wildman–Crippen LogP) is -1.05. The van der Waals surface area contributed by atoms with Crippen LogP contribution in [0.25, 0.3) is 0 Å². The lowest BCUT2D eigenvalue weighted by Gasteiger charge is -2.44. The number of nitrogens with zero attached hydrogens (tertiary/aromatic N) is 2. The third-order valence-electron chi connectivity index (χ3n) is 9.24. The van der Waals surface area contributed by atoms with Crippen molar-refractivity contribution < 1.29 is 19.6 Å². The molecule has 0 aromatic heterocycles. The molecule has 0 radical (unpaired) electrons. The first-order chi connectivity index (χ1) is 17.2. The molecular formula is C25H45N6O3S+. The highest BCUT2D eigenvalue weighted by atomic mass is 32.2. The number of Topliss-reactive ketones (excluding diaryl/α,β-unsaturated/α-hetero) is 1. The average Bonchev–Trinajstić information content (AvgIpc) is 3.35. The number of hydrogen-bond acceptors (Lipinski definition) is 9. The fourth-order valence-corrected chi connectivity index (χ4v) is 8.84. The maximum atomic E-state index is 13.0. The number of hydrogen-bond donors (Lipinski definition) is 4. The summed E-state index contributed by atoms with van der Waals surface area (Å²) in [7, 11) is 0. The second-order valence-corrected chi connectivity index (χ2v) is 12.5. The van der Waals surface area contributed by atoms with Gasteiger partial charge >= 0.3 is 0 Å². The number of carbonyl (C=O) groups excluding carboxylic acids is 1. The molecule has 6 unspecified atom stereocenters. The van der Waals surface area contributed by atoms with Gasteiger partial charge in [0.25, 0.3) is 0 Å². The molecule has 6 atom stereocenters. The molecule has 1 aliphatic carbocycles. The third kappa shape index (κ3) is 5.76. The zero-order valence-electron chi connectivity index (χ0n) is 21.0. The molecule has 35 heavy (non-hydrogen) atoms. The normalized spacial score (nSPS) is 44.3. The molecule has 5 heterocycles. The third-order valence-corrected chi connectivity index (χ3v) is 10.7. The number of nitrogens with two attached hydrogens (primary N) is 1. The van der Waals surface area contributed by atoms with Gasteiger partial charge < -0.3 is 14.8 Å². The number of rotatable bonds is 5. The van der Waals surface area contributed by atoms with Crippen molar-refractivity contribution in [1.29, 1.82) is 0 Å². The van der Waals surface area contributed by atoms with Gasteiger partial charge in [0.15, 0.2) is 5.78 Å². The second-order valence-electron chi connectivity index (χ2n) is 11.3. The summed E-state index contributed by atoms with van der Waals surface area (Å²) >= 11 is 1.87. The molecule has 5 N–H and O–H groups in total. The molecule has 6 fully saturated rings. The zero-order chi connectivity index (χ0) is 23.6. The predicted molar refractivity (Wildman–Crippen MR) is 136 cm³/mol. The highest BCUT2D eigenvalue weighted by molar-refractivity contribution is 8.01. The highest BCUT2D eigenvalue weighted by Gasteiger charge is 2.50. The summed E-state index contributed by atoms with van der Waals surface area (Å²) in [6, 6.07) is 0.560. The second kappa shape index (κ2) is 11.6.